The van der Waals surface area contributed by atoms with Gasteiger partial charge in [0.25, 0.3) is 0 Å². The Morgan fingerprint density at radius 3 is 2.62 bits per heavy atom. The number of benzene rings is 1. The van der Waals surface area contributed by atoms with E-state index in [4.69, 9.17) is 0 Å². The Morgan fingerprint density at radius 2 is 1.95 bits per heavy atom. The van der Waals surface area contributed by atoms with Crippen molar-refractivity contribution in [2.75, 3.05) is 7.05 Å². The van der Waals surface area contributed by atoms with Crippen molar-refractivity contribution in [3.63, 3.8) is 0 Å². The minimum Gasteiger partial charge on any atom is -0.310 e. The Labute approximate surface area is 131 Å². The Kier molecular flexibility index (Phi) is 4.73. The topological polar surface area (TPSA) is 15.3 Å². The Bertz CT molecular complexity index is 560. The van der Waals surface area contributed by atoms with Crippen molar-refractivity contribution in [3.8, 4) is 0 Å². The highest BCUT2D eigenvalue weighted by Gasteiger charge is 2.20. The van der Waals surface area contributed by atoms with Crippen LogP contribution in [0.5, 0.6) is 0 Å². The Balaban J connectivity index is 1.65. The molecule has 0 bridgehead atoms. The minimum absolute atomic E-state index is 0.467. The number of thiophene rings is 1. The quantitative estimate of drug-likeness (QED) is 0.824. The predicted molar refractivity (Wildman–Crippen MR) is 90.5 cm³/mol. The van der Waals surface area contributed by atoms with Crippen molar-refractivity contribution in [1.29, 1.82) is 0 Å². The molecule has 0 spiro atoms. The molecule has 3 heteroatoms. The standard InChI is InChI=1S/C18H24N2S/c1-14(18-8-5-11-21-18)20(2)13-16-7-4-3-6-15(16)12-19-17-9-10-17/h3-8,11,14,17,19H,9-10,12-13H2,1-2H3. The van der Waals surface area contributed by atoms with Gasteiger partial charge >= 0.3 is 0 Å². The van der Waals surface area contributed by atoms with Crippen LogP contribution in [-0.4, -0.2) is 18.0 Å². The van der Waals surface area contributed by atoms with Gasteiger partial charge < -0.3 is 5.32 Å². The molecule has 1 N–H and O–H groups in total. The molecule has 0 amide bonds. The molecular formula is C18H24N2S. The maximum atomic E-state index is 3.63. The van der Waals surface area contributed by atoms with Crippen molar-refractivity contribution in [2.45, 2.75) is 44.9 Å². The summed E-state index contributed by atoms with van der Waals surface area (Å²) in [4.78, 5) is 3.87. The maximum absolute atomic E-state index is 3.63. The number of rotatable bonds is 7. The van der Waals surface area contributed by atoms with Crippen LogP contribution in [0.1, 0.15) is 41.8 Å². The largest absolute Gasteiger partial charge is 0.310 e. The fraction of sp³-hybridized carbons (Fsp3) is 0.444. The average molecular weight is 300 g/mol. The van der Waals surface area contributed by atoms with E-state index in [0.717, 1.165) is 19.1 Å². The smallest absolute Gasteiger partial charge is 0.0413 e. The summed E-state index contributed by atoms with van der Waals surface area (Å²) in [6.45, 7) is 4.29. The molecule has 1 aromatic carbocycles. The van der Waals surface area contributed by atoms with Gasteiger partial charge in [0.2, 0.25) is 0 Å². The highest BCUT2D eigenvalue weighted by Crippen LogP contribution is 2.26. The minimum atomic E-state index is 0.467. The summed E-state index contributed by atoms with van der Waals surface area (Å²) in [5.74, 6) is 0. The lowest BCUT2D eigenvalue weighted by Gasteiger charge is -2.25. The molecule has 1 saturated carbocycles. The molecule has 1 fully saturated rings. The molecular weight excluding hydrogens is 276 g/mol. The van der Waals surface area contributed by atoms with E-state index in [-0.39, 0.29) is 0 Å². The monoisotopic (exact) mass is 300 g/mol. The fourth-order valence-electron chi connectivity index (χ4n) is 2.58. The summed E-state index contributed by atoms with van der Waals surface area (Å²) >= 11 is 1.84. The van der Waals surface area contributed by atoms with E-state index in [0.29, 0.717) is 6.04 Å². The molecule has 3 rings (SSSR count). The lowest BCUT2D eigenvalue weighted by Crippen LogP contribution is -2.23. The third kappa shape index (κ3) is 3.94. The zero-order chi connectivity index (χ0) is 14.7. The first-order valence-electron chi connectivity index (χ1n) is 7.78. The third-order valence-corrected chi connectivity index (χ3v) is 5.36. The van der Waals surface area contributed by atoms with Gasteiger partial charge in [0.05, 0.1) is 0 Å². The van der Waals surface area contributed by atoms with Gasteiger partial charge in [0.15, 0.2) is 0 Å². The van der Waals surface area contributed by atoms with Crippen molar-refractivity contribution in [1.82, 2.24) is 10.2 Å². The van der Waals surface area contributed by atoms with Crippen LogP contribution in [-0.2, 0) is 13.1 Å². The first-order valence-corrected chi connectivity index (χ1v) is 8.66. The summed E-state index contributed by atoms with van der Waals surface area (Å²) < 4.78 is 0. The van der Waals surface area contributed by atoms with Gasteiger partial charge in [-0.2, -0.15) is 0 Å². The molecule has 2 aromatic rings. The summed E-state index contributed by atoms with van der Waals surface area (Å²) in [5.41, 5.74) is 2.88. The lowest BCUT2D eigenvalue weighted by atomic mass is 10.1. The first-order chi connectivity index (χ1) is 10.2. The molecule has 2 nitrogen and oxygen atoms in total. The van der Waals surface area contributed by atoms with E-state index in [1.807, 2.05) is 11.3 Å². The highest BCUT2D eigenvalue weighted by atomic mass is 32.1. The number of hydrogen-bond acceptors (Lipinski definition) is 3. The van der Waals surface area contributed by atoms with Gasteiger partial charge in [-0.1, -0.05) is 30.3 Å². The Morgan fingerprint density at radius 1 is 1.19 bits per heavy atom. The van der Waals surface area contributed by atoms with Gasteiger partial charge in [-0.05, 0) is 49.4 Å². The summed E-state index contributed by atoms with van der Waals surface area (Å²) in [7, 11) is 2.22. The van der Waals surface area contributed by atoms with Crippen LogP contribution in [0.3, 0.4) is 0 Å². The summed E-state index contributed by atoms with van der Waals surface area (Å²) in [5, 5.41) is 5.79. The molecule has 1 unspecified atom stereocenters. The molecule has 1 heterocycles. The number of nitrogens with zero attached hydrogens (tertiary/aromatic N) is 1. The van der Waals surface area contributed by atoms with Crippen LogP contribution < -0.4 is 5.32 Å². The van der Waals surface area contributed by atoms with Gasteiger partial charge in [-0.25, -0.2) is 0 Å². The van der Waals surface area contributed by atoms with Crippen LogP contribution >= 0.6 is 11.3 Å². The highest BCUT2D eigenvalue weighted by molar-refractivity contribution is 7.10. The van der Waals surface area contributed by atoms with Gasteiger partial charge in [-0.3, -0.25) is 4.90 Å². The molecule has 21 heavy (non-hydrogen) atoms. The van der Waals surface area contributed by atoms with E-state index in [1.54, 1.807) is 0 Å². The van der Waals surface area contributed by atoms with Crippen molar-refractivity contribution in [2.24, 2.45) is 0 Å². The van der Waals surface area contributed by atoms with Crippen molar-refractivity contribution in [3.05, 3.63) is 57.8 Å². The van der Waals surface area contributed by atoms with Crippen LogP contribution in [0.4, 0.5) is 0 Å². The zero-order valence-electron chi connectivity index (χ0n) is 12.9. The van der Waals surface area contributed by atoms with E-state index in [1.165, 1.54) is 28.8 Å². The Hall–Kier alpha value is -1.16. The zero-order valence-corrected chi connectivity index (χ0v) is 13.7. The van der Waals surface area contributed by atoms with Crippen molar-refractivity contribution < 1.29 is 0 Å². The van der Waals surface area contributed by atoms with E-state index >= 15 is 0 Å². The molecule has 1 aromatic heterocycles. The lowest BCUT2D eigenvalue weighted by molar-refractivity contribution is 0.255. The van der Waals surface area contributed by atoms with Crippen LogP contribution in [0.15, 0.2) is 41.8 Å². The summed E-state index contributed by atoms with van der Waals surface area (Å²) in [6.07, 6.45) is 2.69. The number of nitrogens with one attached hydrogen (secondary N) is 1. The number of hydrogen-bond donors (Lipinski definition) is 1. The maximum Gasteiger partial charge on any atom is 0.0413 e. The average Bonchev–Trinajstić information content (AvgIpc) is 3.17. The van der Waals surface area contributed by atoms with Gasteiger partial charge in [-0.15, -0.1) is 11.3 Å². The molecule has 1 aliphatic carbocycles. The van der Waals surface area contributed by atoms with E-state index < -0.39 is 0 Å². The second-order valence-electron chi connectivity index (χ2n) is 6.03. The first kappa shape index (κ1) is 14.8. The molecule has 1 aliphatic rings. The predicted octanol–water partition coefficient (Wildman–Crippen LogP) is 4.19. The molecule has 0 aliphatic heterocycles. The van der Waals surface area contributed by atoms with Gasteiger partial charge in [0.1, 0.15) is 0 Å². The molecule has 112 valence electrons. The summed E-state index contributed by atoms with van der Waals surface area (Å²) in [6, 6.07) is 14.4. The molecule has 0 radical (unpaired) electrons. The fourth-order valence-corrected chi connectivity index (χ4v) is 3.43. The van der Waals surface area contributed by atoms with Crippen molar-refractivity contribution >= 4 is 11.3 Å². The SMILES string of the molecule is CC(c1cccs1)N(C)Cc1ccccc1CNC1CC1. The van der Waals surface area contributed by atoms with E-state index in [2.05, 4.69) is 66.0 Å². The van der Waals surface area contributed by atoms with Crippen LogP contribution in [0.25, 0.3) is 0 Å². The van der Waals surface area contributed by atoms with Gasteiger partial charge in [0, 0.05) is 30.1 Å². The second-order valence-corrected chi connectivity index (χ2v) is 7.01. The normalized spacial score (nSPS) is 16.3. The molecule has 0 saturated heterocycles. The third-order valence-electron chi connectivity index (χ3n) is 4.31. The van der Waals surface area contributed by atoms with E-state index in [9.17, 15) is 0 Å². The van der Waals surface area contributed by atoms with Crippen LogP contribution in [0.2, 0.25) is 0 Å². The van der Waals surface area contributed by atoms with Crippen LogP contribution in [0, 0.1) is 0 Å². The molecule has 1 atom stereocenters. The second kappa shape index (κ2) is 6.73.